The van der Waals surface area contributed by atoms with Gasteiger partial charge in [-0.2, -0.15) is 0 Å². The monoisotopic (exact) mass is 407 g/mol. The van der Waals surface area contributed by atoms with Crippen LogP contribution in [0.3, 0.4) is 0 Å². The van der Waals surface area contributed by atoms with Crippen molar-refractivity contribution in [1.29, 1.82) is 0 Å². The van der Waals surface area contributed by atoms with Crippen molar-refractivity contribution in [2.75, 3.05) is 43.1 Å². The number of ether oxygens (including phenoxy) is 1. The molecule has 2 amide bonds. The Kier molecular flexibility index (Phi) is 5.55. The average molecular weight is 407 g/mol. The summed E-state index contributed by atoms with van der Waals surface area (Å²) < 4.78 is 5.33. The number of methoxy groups -OCH3 is 1. The fourth-order valence-corrected chi connectivity index (χ4v) is 4.17. The molecule has 1 unspecified atom stereocenters. The smallest absolute Gasteiger partial charge is 0.251 e. The molecule has 156 valence electrons. The van der Waals surface area contributed by atoms with Gasteiger partial charge in [0, 0.05) is 37.4 Å². The zero-order valence-electron chi connectivity index (χ0n) is 17.2. The summed E-state index contributed by atoms with van der Waals surface area (Å²) >= 11 is 0. The first kappa shape index (κ1) is 20.1. The van der Waals surface area contributed by atoms with Crippen LogP contribution in [0.15, 0.2) is 48.5 Å². The molecule has 7 heteroatoms. The van der Waals surface area contributed by atoms with Crippen LogP contribution in [0, 0.1) is 0 Å². The largest absolute Gasteiger partial charge is 0.495 e. The van der Waals surface area contributed by atoms with Crippen LogP contribution in [-0.4, -0.2) is 61.8 Å². The second-order valence-electron chi connectivity index (χ2n) is 7.59. The zero-order chi connectivity index (χ0) is 21.3. The lowest BCUT2D eigenvalue weighted by Gasteiger charge is -2.38. The number of anilines is 2. The number of Topliss-reactive ketones (excluding diaryl/α,β-unsaturated/α-hetero) is 1. The summed E-state index contributed by atoms with van der Waals surface area (Å²) in [6, 6.07) is 14.3. The molecule has 2 aromatic rings. The lowest BCUT2D eigenvalue weighted by atomic mass is 10.1. The van der Waals surface area contributed by atoms with Gasteiger partial charge in [0.25, 0.3) is 5.91 Å². The van der Waals surface area contributed by atoms with Gasteiger partial charge < -0.3 is 9.64 Å². The Hall–Kier alpha value is -3.19. The van der Waals surface area contributed by atoms with Gasteiger partial charge in [-0.3, -0.25) is 19.3 Å². The quantitative estimate of drug-likeness (QED) is 0.560. The van der Waals surface area contributed by atoms with Crippen LogP contribution in [0.25, 0.3) is 0 Å². The topological polar surface area (TPSA) is 70.2 Å². The second-order valence-corrected chi connectivity index (χ2v) is 7.59. The van der Waals surface area contributed by atoms with E-state index in [1.165, 1.54) is 12.0 Å². The number of ketones is 1. The van der Waals surface area contributed by atoms with Gasteiger partial charge in [-0.25, -0.2) is 4.90 Å². The van der Waals surface area contributed by atoms with Gasteiger partial charge in [-0.05, 0) is 43.3 Å². The van der Waals surface area contributed by atoms with Crippen LogP contribution in [0.2, 0.25) is 0 Å². The van der Waals surface area contributed by atoms with E-state index in [0.29, 0.717) is 30.1 Å². The van der Waals surface area contributed by atoms with Crippen molar-refractivity contribution in [3.05, 3.63) is 54.1 Å². The van der Waals surface area contributed by atoms with Crippen LogP contribution >= 0.6 is 0 Å². The van der Waals surface area contributed by atoms with Crippen molar-refractivity contribution < 1.29 is 19.1 Å². The molecule has 4 rings (SSSR count). The molecule has 0 aliphatic carbocycles. The predicted molar refractivity (Wildman–Crippen MR) is 114 cm³/mol. The number of rotatable bonds is 5. The minimum atomic E-state index is -0.440. The fourth-order valence-electron chi connectivity index (χ4n) is 4.17. The van der Waals surface area contributed by atoms with Crippen molar-refractivity contribution >= 4 is 29.0 Å². The highest BCUT2D eigenvalue weighted by atomic mass is 16.5. The van der Waals surface area contributed by atoms with Crippen LogP contribution in [0.4, 0.5) is 11.4 Å². The molecule has 2 saturated heterocycles. The SMILES string of the molecule is COc1ccccc1N1C(=O)CC(N2CCN(c3ccc(C(C)=O)cc3)CC2)C1=O. The number of hydrogen-bond acceptors (Lipinski definition) is 6. The number of amides is 2. The summed E-state index contributed by atoms with van der Waals surface area (Å²) in [5, 5.41) is 0. The molecule has 0 saturated carbocycles. The Balaban J connectivity index is 1.43. The number of benzene rings is 2. The second kappa shape index (κ2) is 8.28. The number of carbonyl (C=O) groups excluding carboxylic acids is 3. The number of nitrogens with zero attached hydrogens (tertiary/aromatic N) is 3. The molecule has 30 heavy (non-hydrogen) atoms. The van der Waals surface area contributed by atoms with E-state index in [1.807, 2.05) is 30.3 Å². The van der Waals surface area contributed by atoms with E-state index in [-0.39, 0.29) is 24.0 Å². The molecule has 7 nitrogen and oxygen atoms in total. The first-order chi connectivity index (χ1) is 14.5. The van der Waals surface area contributed by atoms with Crippen molar-refractivity contribution in [1.82, 2.24) is 4.90 Å². The van der Waals surface area contributed by atoms with E-state index in [9.17, 15) is 14.4 Å². The van der Waals surface area contributed by atoms with Gasteiger partial charge in [0.1, 0.15) is 5.75 Å². The van der Waals surface area contributed by atoms with E-state index in [0.717, 1.165) is 18.8 Å². The van der Waals surface area contributed by atoms with Crippen molar-refractivity contribution in [2.24, 2.45) is 0 Å². The molecular formula is C23H25N3O4. The molecule has 0 aromatic heterocycles. The van der Waals surface area contributed by atoms with Crippen molar-refractivity contribution in [3.63, 3.8) is 0 Å². The van der Waals surface area contributed by atoms with Gasteiger partial charge in [0.05, 0.1) is 25.3 Å². The normalized spacial score (nSPS) is 20.0. The summed E-state index contributed by atoms with van der Waals surface area (Å²) in [7, 11) is 1.53. The highest BCUT2D eigenvalue weighted by Crippen LogP contribution is 2.33. The van der Waals surface area contributed by atoms with Crippen molar-refractivity contribution in [3.8, 4) is 5.75 Å². The number of para-hydroxylation sites is 2. The minimum Gasteiger partial charge on any atom is -0.495 e. The lowest BCUT2D eigenvalue weighted by molar-refractivity contribution is -0.123. The summed E-state index contributed by atoms with van der Waals surface area (Å²) in [6.45, 7) is 4.45. The Morgan fingerprint density at radius 1 is 0.967 bits per heavy atom. The van der Waals surface area contributed by atoms with Gasteiger partial charge in [0.2, 0.25) is 5.91 Å². The first-order valence-electron chi connectivity index (χ1n) is 10.1. The number of hydrogen-bond donors (Lipinski definition) is 0. The predicted octanol–water partition coefficient (Wildman–Crippen LogP) is 2.35. The molecule has 0 bridgehead atoms. The van der Waals surface area contributed by atoms with E-state index >= 15 is 0 Å². The van der Waals surface area contributed by atoms with E-state index in [1.54, 1.807) is 25.1 Å². The molecular weight excluding hydrogens is 382 g/mol. The number of piperazine rings is 1. The van der Waals surface area contributed by atoms with E-state index < -0.39 is 6.04 Å². The molecule has 0 N–H and O–H groups in total. The van der Waals surface area contributed by atoms with Gasteiger partial charge >= 0.3 is 0 Å². The van der Waals surface area contributed by atoms with Crippen LogP contribution < -0.4 is 14.5 Å². The Labute approximate surface area is 175 Å². The summed E-state index contributed by atoms with van der Waals surface area (Å²) in [4.78, 5) is 42.8. The molecule has 1 atom stereocenters. The highest BCUT2D eigenvalue weighted by molar-refractivity contribution is 6.23. The van der Waals surface area contributed by atoms with Crippen LogP contribution in [0.1, 0.15) is 23.7 Å². The van der Waals surface area contributed by atoms with Crippen LogP contribution in [0.5, 0.6) is 5.75 Å². The maximum atomic E-state index is 13.1. The maximum Gasteiger partial charge on any atom is 0.251 e. The fraction of sp³-hybridized carbons (Fsp3) is 0.348. The van der Waals surface area contributed by atoms with Gasteiger partial charge in [0.15, 0.2) is 5.78 Å². The average Bonchev–Trinajstić information content (AvgIpc) is 3.07. The Morgan fingerprint density at radius 3 is 2.27 bits per heavy atom. The standard InChI is InChI=1S/C23H25N3O4/c1-16(27)17-7-9-18(10-8-17)24-11-13-25(14-12-24)20-15-22(28)26(23(20)29)19-5-3-4-6-21(19)30-2/h3-10,20H,11-15H2,1-2H3. The third-order valence-electron chi connectivity index (χ3n) is 5.84. The van der Waals surface area contributed by atoms with Crippen molar-refractivity contribution in [2.45, 2.75) is 19.4 Å². The summed E-state index contributed by atoms with van der Waals surface area (Å²) in [6.07, 6.45) is 0.185. The Bertz CT molecular complexity index is 965. The molecule has 2 aliphatic heterocycles. The number of imide groups is 1. The van der Waals surface area contributed by atoms with Gasteiger partial charge in [-0.15, -0.1) is 0 Å². The summed E-state index contributed by atoms with van der Waals surface area (Å²) in [5.74, 6) is 0.176. The third-order valence-corrected chi connectivity index (χ3v) is 5.84. The minimum absolute atomic E-state index is 0.0513. The molecule has 0 radical (unpaired) electrons. The van der Waals surface area contributed by atoms with E-state index in [2.05, 4.69) is 9.80 Å². The molecule has 2 aromatic carbocycles. The highest BCUT2D eigenvalue weighted by Gasteiger charge is 2.44. The molecule has 2 heterocycles. The van der Waals surface area contributed by atoms with E-state index in [4.69, 9.17) is 4.74 Å². The first-order valence-corrected chi connectivity index (χ1v) is 10.1. The molecule has 0 spiro atoms. The van der Waals surface area contributed by atoms with Gasteiger partial charge in [-0.1, -0.05) is 12.1 Å². The molecule has 2 aliphatic rings. The Morgan fingerprint density at radius 2 is 1.63 bits per heavy atom. The maximum absolute atomic E-state index is 13.1. The lowest BCUT2D eigenvalue weighted by Crippen LogP contribution is -2.52. The zero-order valence-corrected chi connectivity index (χ0v) is 17.2. The summed E-state index contributed by atoms with van der Waals surface area (Å²) in [5.41, 5.74) is 2.26. The number of carbonyl (C=O) groups is 3. The third kappa shape index (κ3) is 3.68. The van der Waals surface area contributed by atoms with Crippen LogP contribution in [-0.2, 0) is 9.59 Å². The molecule has 2 fully saturated rings.